The summed E-state index contributed by atoms with van der Waals surface area (Å²) in [5.74, 6) is 2.00. The van der Waals surface area contributed by atoms with Gasteiger partial charge in [-0.1, -0.05) is 13.8 Å². The number of hydrogen-bond donors (Lipinski definition) is 3. The summed E-state index contributed by atoms with van der Waals surface area (Å²) in [6.07, 6.45) is 2.39. The number of aryl methyl sites for hydroxylation is 1. The molecule has 3 aromatic rings. The molecule has 0 radical (unpaired) electrons. The third kappa shape index (κ3) is 4.45. The maximum atomic E-state index is 11.6. The number of hydrogen-bond acceptors (Lipinski definition) is 6. The Hall–Kier alpha value is -2.90. The Morgan fingerprint density at radius 3 is 2.78 bits per heavy atom. The van der Waals surface area contributed by atoms with Gasteiger partial charge in [-0.2, -0.15) is 0 Å². The molecule has 0 unspecified atom stereocenters. The van der Waals surface area contributed by atoms with E-state index < -0.39 is 0 Å². The lowest BCUT2D eigenvalue weighted by atomic mass is 10.1. The lowest BCUT2D eigenvalue weighted by molar-refractivity contribution is -0.121. The van der Waals surface area contributed by atoms with Crippen LogP contribution in [-0.2, 0) is 4.79 Å². The lowest BCUT2D eigenvalue weighted by Gasteiger charge is -2.10. The number of fused-ring (bicyclic) bond motifs is 3. The first kappa shape index (κ1) is 18.9. The van der Waals surface area contributed by atoms with Crippen molar-refractivity contribution < 1.29 is 4.79 Å². The number of rotatable bonds is 8. The van der Waals surface area contributed by atoms with E-state index in [-0.39, 0.29) is 5.91 Å². The van der Waals surface area contributed by atoms with Crippen molar-refractivity contribution in [2.24, 2.45) is 5.92 Å². The summed E-state index contributed by atoms with van der Waals surface area (Å²) in [7, 11) is 0. The minimum Gasteiger partial charge on any atom is -0.399 e. The number of nitrogens with two attached hydrogens (primary N) is 1. The van der Waals surface area contributed by atoms with Crippen LogP contribution in [0.15, 0.2) is 18.2 Å². The van der Waals surface area contributed by atoms with Gasteiger partial charge < -0.3 is 16.4 Å². The van der Waals surface area contributed by atoms with Crippen LogP contribution < -0.4 is 16.4 Å². The second-order valence-corrected chi connectivity index (χ2v) is 7.20. The number of unbranched alkanes of at least 4 members (excludes halogenated alkanes) is 1. The summed E-state index contributed by atoms with van der Waals surface area (Å²) in [6, 6.07) is 5.64. The van der Waals surface area contributed by atoms with E-state index in [2.05, 4.69) is 25.8 Å². The van der Waals surface area contributed by atoms with Crippen LogP contribution in [0.1, 0.15) is 38.9 Å². The first-order valence-corrected chi connectivity index (χ1v) is 9.37. The molecule has 0 aliphatic heterocycles. The molecule has 2 aromatic heterocycles. The van der Waals surface area contributed by atoms with Crippen LogP contribution in [0.2, 0.25) is 0 Å². The SMILES string of the molecule is Cc1nnc2c(NCCCCNC(=O)CC(C)C)nc3cc(N)ccc3n12. The van der Waals surface area contributed by atoms with E-state index in [1.807, 2.05) is 43.4 Å². The van der Waals surface area contributed by atoms with Crippen LogP contribution in [0, 0.1) is 12.8 Å². The van der Waals surface area contributed by atoms with Crippen molar-refractivity contribution >= 4 is 34.1 Å². The number of benzene rings is 1. The van der Waals surface area contributed by atoms with Gasteiger partial charge in [0, 0.05) is 25.2 Å². The number of nitrogens with one attached hydrogen (secondary N) is 2. The fourth-order valence-electron chi connectivity index (χ4n) is 3.04. The molecular weight excluding hydrogens is 342 g/mol. The highest BCUT2D eigenvalue weighted by molar-refractivity contribution is 5.85. The highest BCUT2D eigenvalue weighted by Gasteiger charge is 2.13. The monoisotopic (exact) mass is 369 g/mol. The highest BCUT2D eigenvalue weighted by Crippen LogP contribution is 2.23. The second kappa shape index (κ2) is 8.20. The smallest absolute Gasteiger partial charge is 0.220 e. The van der Waals surface area contributed by atoms with E-state index in [1.165, 1.54) is 0 Å². The standard InChI is InChI=1S/C19H27N7O/c1-12(2)10-17(27)21-8-4-5-9-22-18-19-25-24-13(3)26(19)16-7-6-14(20)11-15(16)23-18/h6-7,11-12H,4-5,8-10,20H2,1-3H3,(H,21,27)(H,22,23). The number of carbonyl (C=O) groups is 1. The van der Waals surface area contributed by atoms with E-state index >= 15 is 0 Å². The number of carbonyl (C=O) groups excluding carboxylic acids is 1. The van der Waals surface area contributed by atoms with Crippen LogP contribution in [0.3, 0.4) is 0 Å². The van der Waals surface area contributed by atoms with E-state index in [1.54, 1.807) is 0 Å². The van der Waals surface area contributed by atoms with Gasteiger partial charge in [0.15, 0.2) is 5.82 Å². The summed E-state index contributed by atoms with van der Waals surface area (Å²) >= 11 is 0. The van der Waals surface area contributed by atoms with Gasteiger partial charge >= 0.3 is 0 Å². The molecular formula is C19H27N7O. The predicted octanol–water partition coefficient (Wildman–Crippen LogP) is 2.52. The van der Waals surface area contributed by atoms with Crippen molar-refractivity contribution in [1.29, 1.82) is 0 Å². The van der Waals surface area contributed by atoms with Crippen molar-refractivity contribution in [2.75, 3.05) is 24.1 Å². The van der Waals surface area contributed by atoms with Crippen molar-refractivity contribution in [2.45, 2.75) is 40.0 Å². The van der Waals surface area contributed by atoms with Crippen molar-refractivity contribution in [3.63, 3.8) is 0 Å². The Kier molecular flexibility index (Phi) is 5.73. The summed E-state index contributed by atoms with van der Waals surface area (Å²) in [4.78, 5) is 16.3. The molecule has 0 bridgehead atoms. The molecule has 0 fully saturated rings. The molecule has 0 aliphatic rings. The van der Waals surface area contributed by atoms with Gasteiger partial charge in [0.05, 0.1) is 11.0 Å². The van der Waals surface area contributed by atoms with Gasteiger partial charge in [0.2, 0.25) is 11.6 Å². The maximum Gasteiger partial charge on any atom is 0.220 e. The molecule has 27 heavy (non-hydrogen) atoms. The van der Waals surface area contributed by atoms with Gasteiger partial charge in [0.1, 0.15) is 5.82 Å². The Morgan fingerprint density at radius 2 is 2.00 bits per heavy atom. The normalized spacial score (nSPS) is 11.4. The average Bonchev–Trinajstić information content (AvgIpc) is 2.99. The Morgan fingerprint density at radius 1 is 1.22 bits per heavy atom. The summed E-state index contributed by atoms with van der Waals surface area (Å²) in [6.45, 7) is 7.43. The third-order valence-electron chi connectivity index (χ3n) is 4.32. The summed E-state index contributed by atoms with van der Waals surface area (Å²) in [5.41, 5.74) is 9.01. The minimum atomic E-state index is 0.118. The zero-order chi connectivity index (χ0) is 19.4. The van der Waals surface area contributed by atoms with Crippen LogP contribution in [0.25, 0.3) is 16.7 Å². The summed E-state index contributed by atoms with van der Waals surface area (Å²) in [5, 5.41) is 14.7. The maximum absolute atomic E-state index is 11.6. The van der Waals surface area contributed by atoms with Gasteiger partial charge in [-0.15, -0.1) is 10.2 Å². The zero-order valence-electron chi connectivity index (χ0n) is 16.1. The second-order valence-electron chi connectivity index (χ2n) is 7.20. The zero-order valence-corrected chi connectivity index (χ0v) is 16.1. The Balaban J connectivity index is 1.62. The molecule has 0 saturated carbocycles. The number of anilines is 2. The molecule has 144 valence electrons. The first-order valence-electron chi connectivity index (χ1n) is 9.37. The van der Waals surface area contributed by atoms with Crippen molar-refractivity contribution in [3.05, 3.63) is 24.0 Å². The molecule has 0 atom stereocenters. The Labute approximate surface area is 158 Å². The van der Waals surface area contributed by atoms with E-state index in [0.717, 1.165) is 36.2 Å². The summed E-state index contributed by atoms with van der Waals surface area (Å²) < 4.78 is 1.98. The quantitative estimate of drug-likeness (QED) is 0.416. The van der Waals surface area contributed by atoms with E-state index in [4.69, 9.17) is 5.73 Å². The molecule has 0 spiro atoms. The van der Waals surface area contributed by atoms with Crippen LogP contribution >= 0.6 is 0 Å². The topological polar surface area (TPSA) is 110 Å². The molecule has 1 amide bonds. The van der Waals surface area contributed by atoms with Crippen molar-refractivity contribution in [1.82, 2.24) is 24.9 Å². The lowest BCUT2D eigenvalue weighted by Crippen LogP contribution is -2.25. The van der Waals surface area contributed by atoms with Crippen molar-refractivity contribution in [3.8, 4) is 0 Å². The number of amides is 1. The van der Waals surface area contributed by atoms with Crippen LogP contribution in [0.5, 0.6) is 0 Å². The fourth-order valence-corrected chi connectivity index (χ4v) is 3.04. The fraction of sp³-hybridized carbons (Fsp3) is 0.474. The highest BCUT2D eigenvalue weighted by atomic mass is 16.1. The molecule has 8 nitrogen and oxygen atoms in total. The third-order valence-corrected chi connectivity index (χ3v) is 4.32. The molecule has 2 heterocycles. The Bertz CT molecular complexity index is 948. The predicted molar refractivity (Wildman–Crippen MR) is 108 cm³/mol. The molecule has 4 N–H and O–H groups in total. The molecule has 0 saturated heterocycles. The van der Waals surface area contributed by atoms with E-state index in [0.29, 0.717) is 36.0 Å². The first-order chi connectivity index (χ1) is 13.0. The molecule has 1 aromatic carbocycles. The van der Waals surface area contributed by atoms with Gasteiger partial charge in [-0.25, -0.2) is 4.98 Å². The molecule has 8 heteroatoms. The van der Waals surface area contributed by atoms with Gasteiger partial charge in [-0.05, 0) is 43.9 Å². The van der Waals surface area contributed by atoms with Crippen LogP contribution in [-0.4, -0.2) is 38.6 Å². The number of nitrogens with zero attached hydrogens (tertiary/aromatic N) is 4. The van der Waals surface area contributed by atoms with Gasteiger partial charge in [0.25, 0.3) is 0 Å². The molecule has 3 rings (SSSR count). The minimum absolute atomic E-state index is 0.118. The van der Waals surface area contributed by atoms with Gasteiger partial charge in [-0.3, -0.25) is 9.20 Å². The average molecular weight is 369 g/mol. The largest absolute Gasteiger partial charge is 0.399 e. The number of aromatic nitrogens is 4. The number of nitrogen functional groups attached to an aromatic ring is 1. The van der Waals surface area contributed by atoms with Crippen LogP contribution in [0.4, 0.5) is 11.5 Å². The van der Waals surface area contributed by atoms with E-state index in [9.17, 15) is 4.79 Å². The molecule has 0 aliphatic carbocycles.